The minimum atomic E-state index is 0.228. The van der Waals surface area contributed by atoms with Gasteiger partial charge in [0.05, 0.1) is 6.10 Å². The van der Waals surface area contributed by atoms with Gasteiger partial charge in [-0.2, -0.15) is 15.0 Å². The smallest absolute Gasteiger partial charge is 0.240 e. The third-order valence-corrected chi connectivity index (χ3v) is 4.55. The van der Waals surface area contributed by atoms with Gasteiger partial charge in [-0.1, -0.05) is 11.8 Å². The zero-order valence-corrected chi connectivity index (χ0v) is 12.9. The number of nitrogens with one attached hydrogen (secondary N) is 1. The van der Waals surface area contributed by atoms with E-state index in [0.29, 0.717) is 22.3 Å². The van der Waals surface area contributed by atoms with Crippen molar-refractivity contribution in [2.45, 2.75) is 36.8 Å². The van der Waals surface area contributed by atoms with Crippen LogP contribution >= 0.6 is 11.8 Å². The van der Waals surface area contributed by atoms with E-state index in [-0.39, 0.29) is 6.10 Å². The molecule has 0 aromatic carbocycles. The molecule has 2 aromatic rings. The molecule has 3 rings (SSSR count). The maximum Gasteiger partial charge on any atom is 0.240 e. The lowest BCUT2D eigenvalue weighted by Gasteiger charge is -2.13. The van der Waals surface area contributed by atoms with Gasteiger partial charge in [-0.3, -0.25) is 4.57 Å². The molecule has 0 radical (unpaired) electrons. The maximum absolute atomic E-state index is 5.60. The van der Waals surface area contributed by atoms with E-state index < -0.39 is 0 Å². The summed E-state index contributed by atoms with van der Waals surface area (Å²) in [6, 6.07) is 0. The fourth-order valence-corrected chi connectivity index (χ4v) is 3.16. The largest absolute Gasteiger partial charge is 0.377 e. The molecule has 0 aliphatic carbocycles. The van der Waals surface area contributed by atoms with Crippen molar-refractivity contribution in [1.29, 1.82) is 0 Å². The Hall–Kier alpha value is -1.67. The summed E-state index contributed by atoms with van der Waals surface area (Å²) < 4.78 is 7.37. The lowest BCUT2D eigenvalue weighted by molar-refractivity contribution is 0.127. The third kappa shape index (κ3) is 3.33. The first-order valence-corrected chi connectivity index (χ1v) is 7.90. The minimum Gasteiger partial charge on any atom is -0.377 e. The predicted molar refractivity (Wildman–Crippen MR) is 80.8 cm³/mol. The molecule has 8 heteroatoms. The summed E-state index contributed by atoms with van der Waals surface area (Å²) in [6.07, 6.45) is 6.46. The Kier molecular flexibility index (Phi) is 4.35. The molecule has 0 saturated carbocycles. The zero-order chi connectivity index (χ0) is 14.7. The zero-order valence-electron chi connectivity index (χ0n) is 12.1. The molecule has 112 valence electrons. The highest BCUT2D eigenvalue weighted by molar-refractivity contribution is 7.99. The molecule has 1 N–H and O–H groups in total. The molecule has 1 saturated heterocycles. The first-order valence-electron chi connectivity index (χ1n) is 7.03. The van der Waals surface area contributed by atoms with Gasteiger partial charge in [0.25, 0.3) is 0 Å². The number of imidazole rings is 1. The number of rotatable bonds is 5. The van der Waals surface area contributed by atoms with Gasteiger partial charge < -0.3 is 10.1 Å². The molecule has 3 heterocycles. The van der Waals surface area contributed by atoms with E-state index in [0.717, 1.165) is 19.6 Å². The average Bonchev–Trinajstić information content (AvgIpc) is 3.12. The molecule has 0 amide bonds. The second kappa shape index (κ2) is 6.40. The quantitative estimate of drug-likeness (QED) is 0.901. The number of thioether (sulfide) groups is 1. The molecular weight excluding hydrogens is 288 g/mol. The van der Waals surface area contributed by atoms with E-state index in [2.05, 4.69) is 32.2 Å². The van der Waals surface area contributed by atoms with Gasteiger partial charge in [-0.15, -0.1) is 0 Å². The Balaban J connectivity index is 1.88. The molecule has 0 bridgehead atoms. The maximum atomic E-state index is 5.60. The van der Waals surface area contributed by atoms with Crippen LogP contribution in [0.5, 0.6) is 0 Å². The SMILES string of the molecule is CCNc1nc(SC2CCOC2C)nc(-n2ccnc2)n1. The number of nitrogens with zero attached hydrogens (tertiary/aromatic N) is 5. The van der Waals surface area contributed by atoms with Crippen molar-refractivity contribution in [3.63, 3.8) is 0 Å². The van der Waals surface area contributed by atoms with Gasteiger partial charge in [0.15, 0.2) is 5.16 Å². The molecule has 1 aliphatic rings. The van der Waals surface area contributed by atoms with Crippen LogP contribution in [0.25, 0.3) is 5.95 Å². The number of hydrogen-bond acceptors (Lipinski definition) is 7. The fourth-order valence-electron chi connectivity index (χ4n) is 2.13. The molecule has 7 nitrogen and oxygen atoms in total. The van der Waals surface area contributed by atoms with Gasteiger partial charge in [0.2, 0.25) is 11.9 Å². The van der Waals surface area contributed by atoms with E-state index in [1.165, 1.54) is 0 Å². The molecule has 2 atom stereocenters. The van der Waals surface area contributed by atoms with Crippen LogP contribution in [0.15, 0.2) is 23.9 Å². The van der Waals surface area contributed by atoms with Gasteiger partial charge >= 0.3 is 0 Å². The van der Waals surface area contributed by atoms with Crippen molar-refractivity contribution in [2.24, 2.45) is 0 Å². The minimum absolute atomic E-state index is 0.228. The van der Waals surface area contributed by atoms with Crippen LogP contribution in [0.1, 0.15) is 20.3 Å². The number of ether oxygens (including phenoxy) is 1. The first-order chi connectivity index (χ1) is 10.3. The topological polar surface area (TPSA) is 77.8 Å². The predicted octanol–water partition coefficient (Wildman–Crippen LogP) is 1.76. The number of anilines is 1. The highest BCUT2D eigenvalue weighted by atomic mass is 32.2. The summed E-state index contributed by atoms with van der Waals surface area (Å²) in [7, 11) is 0. The van der Waals surface area contributed by atoms with Crippen LogP contribution in [0, 0.1) is 0 Å². The molecular formula is C13H18N6OS. The summed E-state index contributed by atoms with van der Waals surface area (Å²) in [4.78, 5) is 17.4. The Bertz CT molecular complexity index is 590. The van der Waals surface area contributed by atoms with Crippen LogP contribution in [0.2, 0.25) is 0 Å². The Morgan fingerprint density at radius 2 is 2.33 bits per heavy atom. The van der Waals surface area contributed by atoms with Crippen LogP contribution in [-0.2, 0) is 4.74 Å². The lowest BCUT2D eigenvalue weighted by atomic mass is 10.3. The van der Waals surface area contributed by atoms with Gasteiger partial charge in [0, 0.05) is 30.8 Å². The van der Waals surface area contributed by atoms with E-state index in [9.17, 15) is 0 Å². The fraction of sp³-hybridized carbons (Fsp3) is 0.538. The summed E-state index contributed by atoms with van der Waals surface area (Å²) in [6.45, 7) is 5.67. The number of hydrogen-bond donors (Lipinski definition) is 1. The third-order valence-electron chi connectivity index (χ3n) is 3.24. The summed E-state index contributed by atoms with van der Waals surface area (Å²) in [5.41, 5.74) is 0. The van der Waals surface area contributed by atoms with Crippen molar-refractivity contribution in [3.8, 4) is 5.95 Å². The molecule has 2 aromatic heterocycles. The van der Waals surface area contributed by atoms with Crippen LogP contribution in [-0.4, -0.2) is 49.0 Å². The monoisotopic (exact) mass is 306 g/mol. The highest BCUT2D eigenvalue weighted by Gasteiger charge is 2.26. The van der Waals surface area contributed by atoms with Crippen molar-refractivity contribution < 1.29 is 4.74 Å². The molecule has 2 unspecified atom stereocenters. The van der Waals surface area contributed by atoms with E-state index in [1.54, 1.807) is 28.9 Å². The highest BCUT2D eigenvalue weighted by Crippen LogP contribution is 2.31. The van der Waals surface area contributed by atoms with E-state index in [4.69, 9.17) is 4.74 Å². The van der Waals surface area contributed by atoms with Gasteiger partial charge in [-0.05, 0) is 20.3 Å². The lowest BCUT2D eigenvalue weighted by Crippen LogP contribution is -2.15. The van der Waals surface area contributed by atoms with Crippen LogP contribution in [0.4, 0.5) is 5.95 Å². The Labute approximate surface area is 127 Å². The second-order valence-corrected chi connectivity index (χ2v) is 5.97. The summed E-state index contributed by atoms with van der Waals surface area (Å²) in [5.74, 6) is 1.16. The molecule has 0 spiro atoms. The molecule has 1 aliphatic heterocycles. The average molecular weight is 306 g/mol. The van der Waals surface area contributed by atoms with E-state index in [1.807, 2.05) is 13.1 Å². The van der Waals surface area contributed by atoms with Crippen molar-refractivity contribution in [3.05, 3.63) is 18.7 Å². The van der Waals surface area contributed by atoms with Crippen molar-refractivity contribution in [1.82, 2.24) is 24.5 Å². The van der Waals surface area contributed by atoms with E-state index >= 15 is 0 Å². The first kappa shape index (κ1) is 14.3. The Morgan fingerprint density at radius 1 is 1.43 bits per heavy atom. The molecule has 21 heavy (non-hydrogen) atoms. The summed E-state index contributed by atoms with van der Waals surface area (Å²) >= 11 is 1.65. The van der Waals surface area contributed by atoms with Crippen molar-refractivity contribution in [2.75, 3.05) is 18.5 Å². The van der Waals surface area contributed by atoms with Gasteiger partial charge in [-0.25, -0.2) is 4.98 Å². The van der Waals surface area contributed by atoms with Crippen LogP contribution in [0.3, 0.4) is 0 Å². The number of aromatic nitrogens is 5. The standard InChI is InChI=1S/C13H18N6OS/c1-3-15-11-16-12(19-6-5-14-8-19)18-13(17-11)21-10-4-7-20-9(10)2/h5-6,8-10H,3-4,7H2,1-2H3,(H,15,16,17,18). The van der Waals surface area contributed by atoms with Crippen molar-refractivity contribution >= 4 is 17.7 Å². The summed E-state index contributed by atoms with van der Waals surface area (Å²) in [5, 5.41) is 4.25. The van der Waals surface area contributed by atoms with Crippen LogP contribution < -0.4 is 5.32 Å². The normalized spacial score (nSPS) is 21.6. The Morgan fingerprint density at radius 3 is 3.00 bits per heavy atom. The van der Waals surface area contributed by atoms with Gasteiger partial charge in [0.1, 0.15) is 6.33 Å². The second-order valence-electron chi connectivity index (χ2n) is 4.76. The molecule has 1 fully saturated rings.